The average molecular weight is 346 g/mol. The van der Waals surface area contributed by atoms with Crippen LogP contribution in [0.4, 0.5) is 5.69 Å². The Labute approximate surface area is 148 Å². The monoisotopic (exact) mass is 346 g/mol. The Bertz CT molecular complexity index is 644. The standard InChI is InChI=1S/C19H26N2O2S/c1-12-8-13(11-19(2,3)10-12)20-17(22)9-16-18(23)21-14-6-4-5-7-15(14)24-16/h4-7,12-13,16H,8-11H2,1-3H3,(H,20,22)(H,21,23). The molecule has 4 nitrogen and oxygen atoms in total. The SMILES string of the molecule is CC1CC(NC(=O)CC2Sc3ccccc3NC2=O)CC(C)(C)C1. The second-order valence-electron chi connectivity index (χ2n) is 7.97. The topological polar surface area (TPSA) is 58.2 Å². The van der Waals surface area contributed by atoms with Gasteiger partial charge in [-0.3, -0.25) is 9.59 Å². The van der Waals surface area contributed by atoms with Gasteiger partial charge < -0.3 is 10.6 Å². The van der Waals surface area contributed by atoms with Gasteiger partial charge in [0, 0.05) is 17.4 Å². The molecule has 3 unspecified atom stereocenters. The molecule has 0 spiro atoms. The Morgan fingerprint density at radius 2 is 2.08 bits per heavy atom. The smallest absolute Gasteiger partial charge is 0.238 e. The summed E-state index contributed by atoms with van der Waals surface area (Å²) >= 11 is 1.48. The van der Waals surface area contributed by atoms with Crippen molar-refractivity contribution < 1.29 is 9.59 Å². The normalized spacial score (nSPS) is 28.6. The highest BCUT2D eigenvalue weighted by molar-refractivity contribution is 8.01. The van der Waals surface area contributed by atoms with Crippen LogP contribution in [-0.2, 0) is 9.59 Å². The third-order valence-corrected chi connectivity index (χ3v) is 6.10. The van der Waals surface area contributed by atoms with Gasteiger partial charge in [-0.15, -0.1) is 11.8 Å². The molecule has 1 aliphatic carbocycles. The molecule has 0 bridgehead atoms. The number of amides is 2. The van der Waals surface area contributed by atoms with Crippen molar-refractivity contribution in [2.45, 2.75) is 62.6 Å². The minimum atomic E-state index is -0.353. The van der Waals surface area contributed by atoms with Crippen molar-refractivity contribution in [3.63, 3.8) is 0 Å². The first-order valence-corrected chi connectivity index (χ1v) is 9.56. The number of carbonyl (C=O) groups is 2. The molecule has 2 N–H and O–H groups in total. The molecule has 3 rings (SSSR count). The predicted octanol–water partition coefficient (Wildman–Crippen LogP) is 3.82. The Hall–Kier alpha value is -1.49. The van der Waals surface area contributed by atoms with Crippen molar-refractivity contribution in [1.82, 2.24) is 5.32 Å². The third-order valence-electron chi connectivity index (χ3n) is 4.83. The summed E-state index contributed by atoms with van der Waals surface area (Å²) < 4.78 is 0. The fourth-order valence-electron chi connectivity index (χ4n) is 4.14. The van der Waals surface area contributed by atoms with Gasteiger partial charge in [-0.05, 0) is 42.7 Å². The highest BCUT2D eigenvalue weighted by atomic mass is 32.2. The Balaban J connectivity index is 1.58. The summed E-state index contributed by atoms with van der Waals surface area (Å²) in [6, 6.07) is 7.95. The van der Waals surface area contributed by atoms with E-state index in [1.807, 2.05) is 24.3 Å². The Morgan fingerprint density at radius 1 is 1.33 bits per heavy atom. The number of thioether (sulfide) groups is 1. The molecule has 1 aromatic rings. The zero-order chi connectivity index (χ0) is 17.3. The molecule has 1 saturated carbocycles. The van der Waals surface area contributed by atoms with E-state index in [1.165, 1.54) is 18.2 Å². The number of benzene rings is 1. The van der Waals surface area contributed by atoms with Crippen LogP contribution < -0.4 is 10.6 Å². The van der Waals surface area contributed by atoms with Gasteiger partial charge in [0.25, 0.3) is 0 Å². The molecule has 2 aliphatic rings. The van der Waals surface area contributed by atoms with Crippen molar-refractivity contribution >= 4 is 29.3 Å². The van der Waals surface area contributed by atoms with Crippen molar-refractivity contribution in [3.05, 3.63) is 24.3 Å². The molecule has 0 saturated heterocycles. The molecule has 24 heavy (non-hydrogen) atoms. The van der Waals surface area contributed by atoms with Gasteiger partial charge in [-0.25, -0.2) is 0 Å². The van der Waals surface area contributed by atoms with E-state index >= 15 is 0 Å². The van der Waals surface area contributed by atoms with E-state index in [4.69, 9.17) is 0 Å². The lowest BCUT2D eigenvalue weighted by atomic mass is 9.70. The van der Waals surface area contributed by atoms with Gasteiger partial charge in [-0.2, -0.15) is 0 Å². The maximum atomic E-state index is 12.5. The summed E-state index contributed by atoms with van der Waals surface area (Å²) in [5.74, 6) is 0.529. The van der Waals surface area contributed by atoms with E-state index in [2.05, 4.69) is 31.4 Å². The number of rotatable bonds is 3. The fraction of sp³-hybridized carbons (Fsp3) is 0.579. The van der Waals surface area contributed by atoms with E-state index in [1.54, 1.807) is 0 Å². The quantitative estimate of drug-likeness (QED) is 0.875. The molecule has 1 fully saturated rings. The number of hydrogen-bond acceptors (Lipinski definition) is 3. The van der Waals surface area contributed by atoms with Gasteiger partial charge in [-0.1, -0.05) is 32.9 Å². The van der Waals surface area contributed by atoms with Gasteiger partial charge in [0.1, 0.15) is 0 Å². The van der Waals surface area contributed by atoms with Crippen molar-refractivity contribution in [1.29, 1.82) is 0 Å². The van der Waals surface area contributed by atoms with Crippen LogP contribution in [-0.4, -0.2) is 23.1 Å². The van der Waals surface area contributed by atoms with Crippen LogP contribution in [0.3, 0.4) is 0 Å². The third kappa shape index (κ3) is 4.12. The fourth-order valence-corrected chi connectivity index (χ4v) is 5.25. The predicted molar refractivity (Wildman–Crippen MR) is 98.1 cm³/mol. The molecule has 0 radical (unpaired) electrons. The minimum Gasteiger partial charge on any atom is -0.353 e. The number of nitrogens with one attached hydrogen (secondary N) is 2. The van der Waals surface area contributed by atoms with Crippen LogP contribution in [0.2, 0.25) is 0 Å². The van der Waals surface area contributed by atoms with Crippen LogP contribution in [0.15, 0.2) is 29.2 Å². The van der Waals surface area contributed by atoms with Gasteiger partial charge in [0.15, 0.2) is 0 Å². The van der Waals surface area contributed by atoms with E-state index in [0.717, 1.165) is 23.4 Å². The second kappa shape index (κ2) is 6.79. The Kier molecular flexibility index (Phi) is 4.90. The largest absolute Gasteiger partial charge is 0.353 e. The lowest BCUT2D eigenvalue weighted by Crippen LogP contribution is -2.44. The molecule has 3 atom stereocenters. The first kappa shape index (κ1) is 17.3. The molecule has 2 amide bonds. The molecule has 1 aromatic carbocycles. The van der Waals surface area contributed by atoms with Gasteiger partial charge in [0.2, 0.25) is 11.8 Å². The molecular weight excluding hydrogens is 320 g/mol. The minimum absolute atomic E-state index is 0.0167. The zero-order valence-corrected chi connectivity index (χ0v) is 15.4. The number of anilines is 1. The molecule has 130 valence electrons. The second-order valence-corrected chi connectivity index (χ2v) is 9.22. The van der Waals surface area contributed by atoms with Crippen LogP contribution in [0.25, 0.3) is 0 Å². The van der Waals surface area contributed by atoms with E-state index in [9.17, 15) is 9.59 Å². The van der Waals surface area contributed by atoms with Crippen molar-refractivity contribution in [3.8, 4) is 0 Å². The number of carbonyl (C=O) groups excluding carboxylic acids is 2. The molecule has 1 aliphatic heterocycles. The number of hydrogen-bond donors (Lipinski definition) is 2. The summed E-state index contributed by atoms with van der Waals surface area (Å²) in [4.78, 5) is 25.7. The highest BCUT2D eigenvalue weighted by Gasteiger charge is 2.34. The molecule has 0 aromatic heterocycles. The summed E-state index contributed by atoms with van der Waals surface area (Å²) in [6.45, 7) is 6.79. The number of para-hydroxylation sites is 1. The summed E-state index contributed by atoms with van der Waals surface area (Å²) in [5.41, 5.74) is 1.11. The summed E-state index contributed by atoms with van der Waals surface area (Å²) in [6.07, 6.45) is 3.48. The van der Waals surface area contributed by atoms with Crippen molar-refractivity contribution in [2.75, 3.05) is 5.32 Å². The average Bonchev–Trinajstić information content (AvgIpc) is 2.45. The maximum Gasteiger partial charge on any atom is 0.238 e. The van der Waals surface area contributed by atoms with Crippen LogP contribution >= 0.6 is 11.8 Å². The summed E-state index contributed by atoms with van der Waals surface area (Å²) in [5, 5.41) is 5.71. The van der Waals surface area contributed by atoms with Crippen LogP contribution in [0.5, 0.6) is 0 Å². The van der Waals surface area contributed by atoms with Gasteiger partial charge >= 0.3 is 0 Å². The molecule has 1 heterocycles. The van der Waals surface area contributed by atoms with Crippen LogP contribution in [0.1, 0.15) is 46.5 Å². The van der Waals surface area contributed by atoms with E-state index in [-0.39, 0.29) is 34.9 Å². The number of fused-ring (bicyclic) bond motifs is 1. The first-order valence-electron chi connectivity index (χ1n) is 8.68. The molecule has 5 heteroatoms. The Morgan fingerprint density at radius 3 is 2.83 bits per heavy atom. The highest BCUT2D eigenvalue weighted by Crippen LogP contribution is 2.39. The van der Waals surface area contributed by atoms with E-state index in [0.29, 0.717) is 5.92 Å². The lowest BCUT2D eigenvalue weighted by molar-refractivity contribution is -0.125. The van der Waals surface area contributed by atoms with Crippen LogP contribution in [0, 0.1) is 11.3 Å². The summed E-state index contributed by atoms with van der Waals surface area (Å²) in [7, 11) is 0. The maximum absolute atomic E-state index is 12.5. The van der Waals surface area contributed by atoms with Crippen molar-refractivity contribution in [2.24, 2.45) is 11.3 Å². The molecular formula is C19H26N2O2S. The first-order chi connectivity index (χ1) is 11.3. The van der Waals surface area contributed by atoms with Gasteiger partial charge in [0.05, 0.1) is 10.9 Å². The zero-order valence-electron chi connectivity index (χ0n) is 14.6. The lowest BCUT2D eigenvalue weighted by Gasteiger charge is -2.39. The van der Waals surface area contributed by atoms with E-state index < -0.39 is 0 Å².